The molecule has 4 heteroatoms. The van der Waals surface area contributed by atoms with Crippen LogP contribution in [0.3, 0.4) is 0 Å². The number of thiophene rings is 1. The lowest BCUT2D eigenvalue weighted by Gasteiger charge is -2.38. The van der Waals surface area contributed by atoms with Crippen molar-refractivity contribution in [2.45, 2.75) is 39.8 Å². The zero-order valence-corrected chi connectivity index (χ0v) is 15.0. The first-order valence-corrected chi connectivity index (χ1v) is 9.41. The van der Waals surface area contributed by atoms with E-state index in [0.29, 0.717) is 17.9 Å². The van der Waals surface area contributed by atoms with Gasteiger partial charge in [0.2, 0.25) is 5.91 Å². The van der Waals surface area contributed by atoms with Gasteiger partial charge in [0.1, 0.15) is 0 Å². The van der Waals surface area contributed by atoms with Gasteiger partial charge in [-0.1, -0.05) is 39.0 Å². The highest BCUT2D eigenvalue weighted by atomic mass is 32.1. The van der Waals surface area contributed by atoms with Crippen LogP contribution < -0.4 is 5.32 Å². The normalized spacial score (nSPS) is 22.0. The maximum Gasteiger partial charge on any atom is 0.225 e. The van der Waals surface area contributed by atoms with Crippen LogP contribution in [0.15, 0.2) is 29.6 Å². The highest BCUT2D eigenvalue weighted by molar-refractivity contribution is 7.17. The van der Waals surface area contributed by atoms with Crippen LogP contribution >= 0.6 is 11.3 Å². The molecule has 3 rings (SSSR count). The van der Waals surface area contributed by atoms with Gasteiger partial charge < -0.3 is 10.2 Å². The average molecular weight is 330 g/mol. The largest absolute Gasteiger partial charge is 0.342 e. The molecule has 1 aromatic heterocycles. The predicted octanol–water partition coefficient (Wildman–Crippen LogP) is 3.88. The van der Waals surface area contributed by atoms with Crippen molar-refractivity contribution < 1.29 is 4.79 Å². The molecule has 0 unspecified atom stereocenters. The summed E-state index contributed by atoms with van der Waals surface area (Å²) in [4.78, 5) is 14.2. The number of amides is 1. The van der Waals surface area contributed by atoms with E-state index in [4.69, 9.17) is 0 Å². The molecular formula is C19H26N2OS. The van der Waals surface area contributed by atoms with Gasteiger partial charge in [-0.25, -0.2) is 0 Å². The Labute approximate surface area is 142 Å². The van der Waals surface area contributed by atoms with E-state index in [2.05, 4.69) is 41.9 Å². The average Bonchev–Trinajstić information content (AvgIpc) is 2.96. The Morgan fingerprint density at radius 3 is 2.91 bits per heavy atom. The molecule has 1 saturated heterocycles. The van der Waals surface area contributed by atoms with E-state index >= 15 is 0 Å². The molecule has 0 saturated carbocycles. The fourth-order valence-corrected chi connectivity index (χ4v) is 4.39. The molecule has 0 bridgehead atoms. The SMILES string of the molecule is CC(C)C(=O)N1CC[C@H](NCc2csc3ccccc23)[C@H](C)C1. The van der Waals surface area contributed by atoms with E-state index in [9.17, 15) is 4.79 Å². The summed E-state index contributed by atoms with van der Waals surface area (Å²) in [5, 5.41) is 7.35. The van der Waals surface area contributed by atoms with Crippen molar-refractivity contribution in [1.29, 1.82) is 0 Å². The molecule has 3 nitrogen and oxygen atoms in total. The maximum atomic E-state index is 12.1. The second-order valence-corrected chi connectivity index (χ2v) is 7.86. The first kappa shape index (κ1) is 16.5. The second-order valence-electron chi connectivity index (χ2n) is 6.95. The van der Waals surface area contributed by atoms with Gasteiger partial charge in [0, 0.05) is 36.3 Å². The van der Waals surface area contributed by atoms with Crippen LogP contribution in [0, 0.1) is 11.8 Å². The molecule has 1 N–H and O–H groups in total. The lowest BCUT2D eigenvalue weighted by Crippen LogP contribution is -2.50. The molecule has 1 aliphatic heterocycles. The highest BCUT2D eigenvalue weighted by Gasteiger charge is 2.29. The van der Waals surface area contributed by atoms with Gasteiger partial charge in [0.25, 0.3) is 0 Å². The first-order chi connectivity index (χ1) is 11.1. The van der Waals surface area contributed by atoms with Crippen LogP contribution in [0.4, 0.5) is 0 Å². The van der Waals surface area contributed by atoms with Crippen LogP contribution in [-0.4, -0.2) is 29.9 Å². The van der Waals surface area contributed by atoms with Crippen molar-refractivity contribution in [3.8, 4) is 0 Å². The summed E-state index contributed by atoms with van der Waals surface area (Å²) >= 11 is 1.82. The number of hydrogen-bond donors (Lipinski definition) is 1. The Morgan fingerprint density at radius 1 is 1.39 bits per heavy atom. The second kappa shape index (κ2) is 7.02. The molecule has 0 radical (unpaired) electrons. The number of hydrogen-bond acceptors (Lipinski definition) is 3. The molecule has 124 valence electrons. The zero-order valence-electron chi connectivity index (χ0n) is 14.2. The smallest absolute Gasteiger partial charge is 0.225 e. The molecule has 0 spiro atoms. The number of benzene rings is 1. The first-order valence-electron chi connectivity index (χ1n) is 8.53. The van der Waals surface area contributed by atoms with Crippen LogP contribution in [0.25, 0.3) is 10.1 Å². The minimum absolute atomic E-state index is 0.101. The standard InChI is InChI=1S/C19H26N2OS/c1-13(2)19(22)21-9-8-17(14(3)11-21)20-10-15-12-23-18-7-5-4-6-16(15)18/h4-7,12-14,17,20H,8-11H2,1-3H3/t14-,17+/m1/s1. The van der Waals surface area contributed by atoms with Crippen molar-refractivity contribution in [3.05, 3.63) is 35.2 Å². The third-order valence-electron chi connectivity index (χ3n) is 4.83. The Morgan fingerprint density at radius 2 is 2.17 bits per heavy atom. The highest BCUT2D eigenvalue weighted by Crippen LogP contribution is 2.26. The molecule has 1 amide bonds. The van der Waals surface area contributed by atoms with Gasteiger partial charge in [0.05, 0.1) is 0 Å². The lowest BCUT2D eigenvalue weighted by atomic mass is 9.93. The summed E-state index contributed by atoms with van der Waals surface area (Å²) < 4.78 is 1.36. The number of carbonyl (C=O) groups excluding carboxylic acids is 1. The van der Waals surface area contributed by atoms with Gasteiger partial charge in [-0.15, -0.1) is 11.3 Å². The third-order valence-corrected chi connectivity index (χ3v) is 5.84. The molecule has 2 atom stereocenters. The van der Waals surface area contributed by atoms with Gasteiger partial charge in [-0.2, -0.15) is 0 Å². The molecule has 1 aromatic carbocycles. The Hall–Kier alpha value is -1.39. The van der Waals surface area contributed by atoms with E-state index in [1.807, 2.05) is 30.1 Å². The van der Waals surface area contributed by atoms with Gasteiger partial charge >= 0.3 is 0 Å². The zero-order chi connectivity index (χ0) is 16.4. The van der Waals surface area contributed by atoms with Crippen LogP contribution in [0.5, 0.6) is 0 Å². The van der Waals surface area contributed by atoms with Gasteiger partial charge in [-0.05, 0) is 34.7 Å². The van der Waals surface area contributed by atoms with Crippen LogP contribution in [0.2, 0.25) is 0 Å². The monoisotopic (exact) mass is 330 g/mol. The van der Waals surface area contributed by atoms with E-state index in [1.165, 1.54) is 15.6 Å². The van der Waals surface area contributed by atoms with Gasteiger partial charge in [0.15, 0.2) is 0 Å². The summed E-state index contributed by atoms with van der Waals surface area (Å²) in [6, 6.07) is 9.08. The predicted molar refractivity (Wildman–Crippen MR) is 97.7 cm³/mol. The summed E-state index contributed by atoms with van der Waals surface area (Å²) in [5.74, 6) is 0.888. The summed E-state index contributed by atoms with van der Waals surface area (Å²) in [7, 11) is 0. The fourth-order valence-electron chi connectivity index (χ4n) is 3.42. The van der Waals surface area contributed by atoms with E-state index < -0.39 is 0 Å². The Kier molecular flexibility index (Phi) is 5.02. The van der Waals surface area contributed by atoms with Gasteiger partial charge in [-0.3, -0.25) is 4.79 Å². The molecule has 23 heavy (non-hydrogen) atoms. The van der Waals surface area contributed by atoms with Crippen molar-refractivity contribution in [3.63, 3.8) is 0 Å². The minimum atomic E-state index is 0.101. The number of piperidine rings is 1. The van der Waals surface area contributed by atoms with Crippen molar-refractivity contribution in [2.24, 2.45) is 11.8 Å². The molecule has 1 aliphatic rings. The maximum absolute atomic E-state index is 12.1. The lowest BCUT2D eigenvalue weighted by molar-refractivity contribution is -0.136. The third kappa shape index (κ3) is 3.59. The topological polar surface area (TPSA) is 32.3 Å². The minimum Gasteiger partial charge on any atom is -0.342 e. The van der Waals surface area contributed by atoms with Crippen molar-refractivity contribution in [1.82, 2.24) is 10.2 Å². The number of nitrogens with zero attached hydrogens (tertiary/aromatic N) is 1. The van der Waals surface area contributed by atoms with Crippen molar-refractivity contribution in [2.75, 3.05) is 13.1 Å². The molecule has 2 heterocycles. The van der Waals surface area contributed by atoms with Crippen LogP contribution in [0.1, 0.15) is 32.8 Å². The molecular weight excluding hydrogens is 304 g/mol. The number of likely N-dealkylation sites (tertiary alicyclic amines) is 1. The quantitative estimate of drug-likeness (QED) is 0.922. The summed E-state index contributed by atoms with van der Waals surface area (Å²) in [6.45, 7) is 8.89. The van der Waals surface area contributed by atoms with Crippen molar-refractivity contribution >= 4 is 27.3 Å². The van der Waals surface area contributed by atoms with E-state index in [1.54, 1.807) is 0 Å². The van der Waals surface area contributed by atoms with Crippen LogP contribution in [-0.2, 0) is 11.3 Å². The van der Waals surface area contributed by atoms with E-state index in [-0.39, 0.29) is 5.92 Å². The Balaban J connectivity index is 1.58. The summed E-state index contributed by atoms with van der Waals surface area (Å²) in [6.07, 6.45) is 1.04. The summed E-state index contributed by atoms with van der Waals surface area (Å²) in [5.41, 5.74) is 1.39. The Bertz CT molecular complexity index is 679. The number of carbonyl (C=O) groups is 1. The number of rotatable bonds is 4. The van der Waals surface area contributed by atoms with E-state index in [0.717, 1.165) is 26.1 Å². The molecule has 2 aromatic rings. The molecule has 1 fully saturated rings. The fraction of sp³-hybridized carbons (Fsp3) is 0.526. The number of nitrogens with one attached hydrogen (secondary N) is 1. The molecule has 0 aliphatic carbocycles. The number of fused-ring (bicyclic) bond motifs is 1.